The molecule has 2 aromatic carbocycles. The molecule has 0 radical (unpaired) electrons. The lowest BCUT2D eigenvalue weighted by Gasteiger charge is -2.05. The first kappa shape index (κ1) is 16.2. The normalized spacial score (nSPS) is 12.3. The van der Waals surface area contributed by atoms with Crippen LogP contribution < -0.4 is 0 Å². The van der Waals surface area contributed by atoms with Crippen LogP contribution >= 0.6 is 0 Å². The van der Waals surface area contributed by atoms with Crippen LogP contribution in [0.5, 0.6) is 0 Å². The molecule has 118 valence electrons. The van der Waals surface area contributed by atoms with E-state index in [0.29, 0.717) is 0 Å². The summed E-state index contributed by atoms with van der Waals surface area (Å²) < 4.78 is 0. The van der Waals surface area contributed by atoms with Crippen LogP contribution in [0.15, 0.2) is 52.7 Å². The minimum atomic E-state index is -0.710. The third-order valence-corrected chi connectivity index (χ3v) is 3.26. The highest BCUT2D eigenvalue weighted by Crippen LogP contribution is 2.32. The first-order valence-corrected chi connectivity index (χ1v) is 6.78. The van der Waals surface area contributed by atoms with E-state index >= 15 is 0 Å². The molecule has 0 aliphatic heterocycles. The number of rotatable bonds is 5. The summed E-state index contributed by atoms with van der Waals surface area (Å²) in [5, 5.41) is 29.7. The van der Waals surface area contributed by atoms with Gasteiger partial charge in [0.1, 0.15) is 0 Å². The Morgan fingerprint density at radius 1 is 1.00 bits per heavy atom. The minimum Gasteiger partial charge on any atom is -0.258 e. The van der Waals surface area contributed by atoms with Crippen molar-refractivity contribution in [3.63, 3.8) is 0 Å². The number of nitro groups is 2. The van der Waals surface area contributed by atoms with Gasteiger partial charge in [0, 0.05) is 6.07 Å². The van der Waals surface area contributed by atoms with Gasteiger partial charge in [-0.15, -0.1) is 5.11 Å². The summed E-state index contributed by atoms with van der Waals surface area (Å²) in [7, 11) is 0. The topological polar surface area (TPSA) is 111 Å². The fourth-order valence-corrected chi connectivity index (χ4v) is 1.92. The predicted molar refractivity (Wildman–Crippen MR) is 83.9 cm³/mol. The zero-order valence-corrected chi connectivity index (χ0v) is 12.5. The number of azo groups is 1. The quantitative estimate of drug-likeness (QED) is 0.454. The van der Waals surface area contributed by atoms with Gasteiger partial charge in [0.15, 0.2) is 5.69 Å². The number of benzene rings is 2. The molecular formula is C15H14N4O4. The minimum absolute atomic E-state index is 0.0143. The Morgan fingerprint density at radius 3 is 2.22 bits per heavy atom. The van der Waals surface area contributed by atoms with Crippen molar-refractivity contribution < 1.29 is 9.85 Å². The number of non-ortho nitro benzene ring substituents is 1. The summed E-state index contributed by atoms with van der Waals surface area (Å²) in [6.45, 7) is 3.78. The third-order valence-electron chi connectivity index (χ3n) is 3.26. The molecular weight excluding hydrogens is 300 g/mol. The van der Waals surface area contributed by atoms with Gasteiger partial charge in [-0.05, 0) is 25.5 Å². The van der Waals surface area contributed by atoms with Crippen molar-refractivity contribution in [2.24, 2.45) is 10.2 Å². The van der Waals surface area contributed by atoms with Gasteiger partial charge in [-0.25, -0.2) is 0 Å². The van der Waals surface area contributed by atoms with Crippen LogP contribution in [0.4, 0.5) is 17.1 Å². The zero-order chi connectivity index (χ0) is 17.0. The molecule has 1 unspecified atom stereocenters. The van der Waals surface area contributed by atoms with Gasteiger partial charge < -0.3 is 0 Å². The first-order chi connectivity index (χ1) is 10.9. The Balaban J connectivity index is 2.29. The highest BCUT2D eigenvalue weighted by Gasteiger charge is 2.19. The summed E-state index contributed by atoms with van der Waals surface area (Å²) in [5.41, 5.74) is 1.22. The lowest BCUT2D eigenvalue weighted by Crippen LogP contribution is -1.93. The van der Waals surface area contributed by atoms with E-state index in [1.807, 2.05) is 38.1 Å². The standard InChI is InChI=1S/C15H14N4O4/c1-10-3-5-12(6-4-10)11(2)16-17-14-8-7-13(18(20)21)9-15(14)19(22)23/h3-9,11H,1-2H3. The molecule has 2 rings (SSSR count). The molecule has 0 aliphatic rings. The van der Waals surface area contributed by atoms with Gasteiger partial charge in [0.25, 0.3) is 5.69 Å². The van der Waals surface area contributed by atoms with E-state index in [1.54, 1.807) is 0 Å². The average Bonchev–Trinajstić information content (AvgIpc) is 2.52. The van der Waals surface area contributed by atoms with Crippen molar-refractivity contribution in [3.8, 4) is 0 Å². The molecule has 0 aliphatic carbocycles. The second-order valence-electron chi connectivity index (χ2n) is 4.99. The van der Waals surface area contributed by atoms with Gasteiger partial charge >= 0.3 is 5.69 Å². The lowest BCUT2D eigenvalue weighted by atomic mass is 10.1. The van der Waals surface area contributed by atoms with Gasteiger partial charge in [0.05, 0.1) is 22.0 Å². The fraction of sp³-hybridized carbons (Fsp3) is 0.200. The Morgan fingerprint density at radius 2 is 1.65 bits per heavy atom. The third kappa shape index (κ3) is 3.94. The van der Waals surface area contributed by atoms with E-state index in [2.05, 4.69) is 10.2 Å². The number of hydrogen-bond donors (Lipinski definition) is 0. The molecule has 0 heterocycles. The van der Waals surface area contributed by atoms with E-state index in [4.69, 9.17) is 0 Å². The molecule has 8 nitrogen and oxygen atoms in total. The Bertz CT molecular complexity index is 772. The van der Waals surface area contributed by atoms with Crippen molar-refractivity contribution >= 4 is 17.1 Å². The molecule has 0 amide bonds. The second-order valence-corrected chi connectivity index (χ2v) is 4.99. The molecule has 0 N–H and O–H groups in total. The van der Waals surface area contributed by atoms with E-state index < -0.39 is 15.5 Å². The summed E-state index contributed by atoms with van der Waals surface area (Å²) in [4.78, 5) is 20.3. The van der Waals surface area contributed by atoms with Crippen LogP contribution in [0.3, 0.4) is 0 Å². The summed E-state index contributed by atoms with van der Waals surface area (Å²) in [6.07, 6.45) is 0. The van der Waals surface area contributed by atoms with Crippen molar-refractivity contribution in [1.82, 2.24) is 0 Å². The van der Waals surface area contributed by atoms with E-state index in [9.17, 15) is 20.2 Å². The van der Waals surface area contributed by atoms with Crippen LogP contribution in [-0.4, -0.2) is 9.85 Å². The molecule has 23 heavy (non-hydrogen) atoms. The maximum Gasteiger partial charge on any atom is 0.303 e. The van der Waals surface area contributed by atoms with Crippen LogP contribution in [0.1, 0.15) is 24.1 Å². The Labute approximate surface area is 131 Å². The van der Waals surface area contributed by atoms with E-state index in [-0.39, 0.29) is 17.4 Å². The maximum absolute atomic E-state index is 11.0. The smallest absolute Gasteiger partial charge is 0.258 e. The SMILES string of the molecule is Cc1ccc(C(C)N=Nc2ccc([N+](=O)[O-])cc2[N+](=O)[O-])cc1. The molecule has 2 aromatic rings. The van der Waals surface area contributed by atoms with Gasteiger partial charge in [0.2, 0.25) is 0 Å². The van der Waals surface area contributed by atoms with E-state index in [1.165, 1.54) is 6.07 Å². The van der Waals surface area contributed by atoms with Crippen molar-refractivity contribution in [3.05, 3.63) is 73.8 Å². The highest BCUT2D eigenvalue weighted by atomic mass is 16.6. The molecule has 0 saturated heterocycles. The predicted octanol–water partition coefficient (Wildman–Crippen LogP) is 4.66. The van der Waals surface area contributed by atoms with Crippen LogP contribution in [0.2, 0.25) is 0 Å². The number of hydrogen-bond acceptors (Lipinski definition) is 6. The Hall–Kier alpha value is -3.16. The van der Waals surface area contributed by atoms with Crippen molar-refractivity contribution in [2.45, 2.75) is 19.9 Å². The van der Waals surface area contributed by atoms with Crippen LogP contribution in [0, 0.1) is 27.2 Å². The Kier molecular flexibility index (Phi) is 4.75. The largest absolute Gasteiger partial charge is 0.303 e. The number of aryl methyl sites for hydroxylation is 1. The fourth-order valence-electron chi connectivity index (χ4n) is 1.92. The number of nitro benzene ring substituents is 2. The van der Waals surface area contributed by atoms with Crippen LogP contribution in [-0.2, 0) is 0 Å². The van der Waals surface area contributed by atoms with E-state index in [0.717, 1.165) is 23.3 Å². The maximum atomic E-state index is 11.0. The monoisotopic (exact) mass is 314 g/mol. The molecule has 0 bridgehead atoms. The summed E-state index contributed by atoms with van der Waals surface area (Å²) in [6, 6.07) is 10.7. The van der Waals surface area contributed by atoms with Crippen molar-refractivity contribution in [1.29, 1.82) is 0 Å². The zero-order valence-electron chi connectivity index (χ0n) is 12.5. The van der Waals surface area contributed by atoms with Gasteiger partial charge in [-0.1, -0.05) is 29.8 Å². The van der Waals surface area contributed by atoms with Gasteiger partial charge in [-0.3, -0.25) is 20.2 Å². The highest BCUT2D eigenvalue weighted by molar-refractivity contribution is 5.61. The number of nitrogens with zero attached hydrogens (tertiary/aromatic N) is 4. The van der Waals surface area contributed by atoms with Crippen molar-refractivity contribution in [2.75, 3.05) is 0 Å². The molecule has 8 heteroatoms. The summed E-state index contributed by atoms with van der Waals surface area (Å²) in [5.74, 6) is 0. The van der Waals surface area contributed by atoms with Gasteiger partial charge in [-0.2, -0.15) is 5.11 Å². The summed E-state index contributed by atoms with van der Waals surface area (Å²) >= 11 is 0. The molecule has 1 atom stereocenters. The molecule has 0 spiro atoms. The molecule has 0 fully saturated rings. The van der Waals surface area contributed by atoms with Crippen LogP contribution in [0.25, 0.3) is 0 Å². The second kappa shape index (κ2) is 6.73. The average molecular weight is 314 g/mol. The molecule has 0 aromatic heterocycles. The first-order valence-electron chi connectivity index (χ1n) is 6.78. The molecule has 0 saturated carbocycles. The lowest BCUT2D eigenvalue weighted by molar-refractivity contribution is -0.393.